The molecule has 1 heterocycles. The third kappa shape index (κ3) is 1.96. The van der Waals surface area contributed by atoms with E-state index in [1.807, 2.05) is 0 Å². The van der Waals surface area contributed by atoms with Crippen molar-refractivity contribution in [3.63, 3.8) is 0 Å². The first kappa shape index (κ1) is 9.51. The van der Waals surface area contributed by atoms with Crippen LogP contribution in [0, 0.1) is 0 Å². The summed E-state index contributed by atoms with van der Waals surface area (Å²) in [6.45, 7) is 3.37. The molecular formula is C9H12N2O2. The maximum atomic E-state index is 10.6. The molecule has 1 N–H and O–H groups in total. The van der Waals surface area contributed by atoms with Gasteiger partial charge in [0.1, 0.15) is 0 Å². The van der Waals surface area contributed by atoms with Gasteiger partial charge in [0.25, 0.3) is 0 Å². The van der Waals surface area contributed by atoms with E-state index in [0.29, 0.717) is 5.57 Å². The van der Waals surface area contributed by atoms with Gasteiger partial charge < -0.3 is 5.11 Å². The molecule has 4 heteroatoms. The van der Waals surface area contributed by atoms with Crippen LogP contribution in [0.5, 0.6) is 0 Å². The molecule has 0 saturated carbocycles. The number of carbonyl (C=O) groups is 1. The minimum atomic E-state index is -0.888. The Morgan fingerprint density at radius 1 is 1.54 bits per heavy atom. The summed E-state index contributed by atoms with van der Waals surface area (Å²) in [6, 6.07) is 0. The fraction of sp³-hybridized carbons (Fsp3) is 0.333. The number of aryl methyl sites for hydroxylation is 1. The van der Waals surface area contributed by atoms with Gasteiger partial charge in [-0.1, -0.05) is 0 Å². The van der Waals surface area contributed by atoms with Crippen molar-refractivity contribution in [2.45, 2.75) is 13.8 Å². The van der Waals surface area contributed by atoms with Gasteiger partial charge >= 0.3 is 5.97 Å². The van der Waals surface area contributed by atoms with Gasteiger partial charge in [0.15, 0.2) is 0 Å². The second-order valence-electron chi connectivity index (χ2n) is 2.96. The maximum absolute atomic E-state index is 10.6. The van der Waals surface area contributed by atoms with E-state index in [9.17, 15) is 4.79 Å². The number of aromatic nitrogens is 2. The van der Waals surface area contributed by atoms with Crippen molar-refractivity contribution < 1.29 is 9.90 Å². The van der Waals surface area contributed by atoms with Gasteiger partial charge in [-0.05, 0) is 19.4 Å². The number of hydrogen-bond donors (Lipinski definition) is 1. The van der Waals surface area contributed by atoms with Crippen molar-refractivity contribution in [1.29, 1.82) is 0 Å². The minimum absolute atomic E-state index is 0.355. The van der Waals surface area contributed by atoms with Crippen LogP contribution >= 0.6 is 0 Å². The van der Waals surface area contributed by atoms with Gasteiger partial charge in [0.05, 0.1) is 6.20 Å². The van der Waals surface area contributed by atoms with Gasteiger partial charge in [0.2, 0.25) is 0 Å². The average Bonchev–Trinajstić information content (AvgIpc) is 2.49. The van der Waals surface area contributed by atoms with Crippen molar-refractivity contribution >= 4 is 11.5 Å². The molecule has 0 unspecified atom stereocenters. The predicted octanol–water partition coefficient (Wildman–Crippen LogP) is 1.30. The lowest BCUT2D eigenvalue weighted by Crippen LogP contribution is -1.98. The molecule has 0 aliphatic rings. The van der Waals surface area contributed by atoms with Crippen molar-refractivity contribution in [3.8, 4) is 0 Å². The largest absolute Gasteiger partial charge is 0.478 e. The summed E-state index contributed by atoms with van der Waals surface area (Å²) >= 11 is 0. The summed E-state index contributed by atoms with van der Waals surface area (Å²) in [5, 5.41) is 12.7. The highest BCUT2D eigenvalue weighted by Crippen LogP contribution is 2.16. The Morgan fingerprint density at radius 3 is 2.54 bits per heavy atom. The number of hydrogen-bond acceptors (Lipinski definition) is 2. The van der Waals surface area contributed by atoms with Crippen LogP contribution in [0.2, 0.25) is 0 Å². The highest BCUT2D eigenvalue weighted by atomic mass is 16.4. The molecule has 0 radical (unpaired) electrons. The van der Waals surface area contributed by atoms with Crippen molar-refractivity contribution in [1.82, 2.24) is 9.78 Å². The van der Waals surface area contributed by atoms with Crippen molar-refractivity contribution in [3.05, 3.63) is 23.5 Å². The molecule has 0 spiro atoms. The van der Waals surface area contributed by atoms with Gasteiger partial charge in [-0.15, -0.1) is 0 Å². The number of aliphatic carboxylic acids is 1. The lowest BCUT2D eigenvalue weighted by Gasteiger charge is -1.99. The Bertz CT molecular complexity index is 363. The third-order valence-corrected chi connectivity index (χ3v) is 2.02. The molecule has 1 aromatic heterocycles. The maximum Gasteiger partial charge on any atom is 0.331 e. The highest BCUT2D eigenvalue weighted by Gasteiger charge is 2.07. The Kier molecular flexibility index (Phi) is 2.51. The Balaban J connectivity index is 3.09. The second kappa shape index (κ2) is 3.43. The molecule has 0 aliphatic carbocycles. The zero-order chi connectivity index (χ0) is 10.0. The van der Waals surface area contributed by atoms with Crippen LogP contribution in [-0.4, -0.2) is 20.9 Å². The molecule has 4 nitrogen and oxygen atoms in total. The number of carboxylic acid groups (broad SMARTS) is 1. The molecule has 0 fully saturated rings. The first-order valence-electron chi connectivity index (χ1n) is 3.92. The predicted molar refractivity (Wildman–Crippen MR) is 49.1 cm³/mol. The van der Waals surface area contributed by atoms with Gasteiger partial charge in [-0.25, -0.2) is 4.79 Å². The zero-order valence-corrected chi connectivity index (χ0v) is 7.90. The SMILES string of the molecule is CC(C(=O)O)=C(C)c1cnn(C)c1. The van der Waals surface area contributed by atoms with E-state index in [4.69, 9.17) is 5.11 Å². The molecule has 1 aromatic rings. The third-order valence-electron chi connectivity index (χ3n) is 2.02. The molecule has 0 saturated heterocycles. The second-order valence-corrected chi connectivity index (χ2v) is 2.96. The highest BCUT2D eigenvalue weighted by molar-refractivity contribution is 5.95. The van der Waals surface area contributed by atoms with Crippen LogP contribution in [0.3, 0.4) is 0 Å². The summed E-state index contributed by atoms with van der Waals surface area (Å²) in [7, 11) is 1.80. The Hall–Kier alpha value is -1.58. The molecule has 0 aliphatic heterocycles. The summed E-state index contributed by atoms with van der Waals surface area (Å²) < 4.78 is 1.65. The van der Waals surface area contributed by atoms with E-state index in [2.05, 4.69) is 5.10 Å². The molecule has 0 aromatic carbocycles. The first-order valence-corrected chi connectivity index (χ1v) is 3.92. The standard InChI is InChI=1S/C9H12N2O2/c1-6(7(2)9(12)13)8-4-10-11(3)5-8/h4-5H,1-3H3,(H,12,13). The van der Waals surface area contributed by atoms with E-state index in [-0.39, 0.29) is 0 Å². The molecule has 0 bridgehead atoms. The summed E-state index contributed by atoms with van der Waals surface area (Å²) in [5.41, 5.74) is 1.95. The monoisotopic (exact) mass is 180 g/mol. The Morgan fingerprint density at radius 2 is 2.15 bits per heavy atom. The number of carboxylic acids is 1. The summed E-state index contributed by atoms with van der Waals surface area (Å²) in [6.07, 6.45) is 3.45. The molecule has 70 valence electrons. The quantitative estimate of drug-likeness (QED) is 0.698. The topological polar surface area (TPSA) is 55.1 Å². The fourth-order valence-corrected chi connectivity index (χ4v) is 0.992. The van der Waals surface area contributed by atoms with Crippen LogP contribution in [0.15, 0.2) is 18.0 Å². The van der Waals surface area contributed by atoms with Gasteiger partial charge in [-0.3, -0.25) is 4.68 Å². The fourth-order valence-electron chi connectivity index (χ4n) is 0.992. The summed E-state index contributed by atoms with van der Waals surface area (Å²) in [5.74, 6) is -0.888. The van der Waals surface area contributed by atoms with Gasteiger partial charge in [0, 0.05) is 24.4 Å². The molecule has 0 atom stereocenters. The smallest absolute Gasteiger partial charge is 0.331 e. The molecule has 13 heavy (non-hydrogen) atoms. The zero-order valence-electron chi connectivity index (χ0n) is 7.90. The van der Waals surface area contributed by atoms with E-state index >= 15 is 0 Å². The van der Waals surface area contributed by atoms with Crippen LogP contribution in [-0.2, 0) is 11.8 Å². The van der Waals surface area contributed by atoms with Crippen molar-refractivity contribution in [2.24, 2.45) is 7.05 Å². The first-order chi connectivity index (χ1) is 6.02. The molecular weight excluding hydrogens is 168 g/mol. The van der Waals surface area contributed by atoms with Gasteiger partial charge in [-0.2, -0.15) is 5.10 Å². The number of rotatable bonds is 2. The van der Waals surface area contributed by atoms with Crippen LogP contribution in [0.25, 0.3) is 5.57 Å². The van der Waals surface area contributed by atoms with Crippen LogP contribution in [0.4, 0.5) is 0 Å². The minimum Gasteiger partial charge on any atom is -0.478 e. The van der Waals surface area contributed by atoms with E-state index in [1.54, 1.807) is 38.0 Å². The van der Waals surface area contributed by atoms with E-state index < -0.39 is 5.97 Å². The van der Waals surface area contributed by atoms with Crippen molar-refractivity contribution in [2.75, 3.05) is 0 Å². The number of nitrogens with zero attached hydrogens (tertiary/aromatic N) is 2. The lowest BCUT2D eigenvalue weighted by molar-refractivity contribution is -0.132. The number of allylic oxidation sites excluding steroid dienone is 1. The van der Waals surface area contributed by atoms with Crippen LogP contribution < -0.4 is 0 Å². The molecule has 1 rings (SSSR count). The van der Waals surface area contributed by atoms with E-state index in [1.165, 1.54) is 0 Å². The average molecular weight is 180 g/mol. The lowest BCUT2D eigenvalue weighted by atomic mass is 10.1. The summed E-state index contributed by atoms with van der Waals surface area (Å²) in [4.78, 5) is 10.6. The normalized spacial score (nSPS) is 12.5. The van der Waals surface area contributed by atoms with Crippen LogP contribution in [0.1, 0.15) is 19.4 Å². The molecule has 0 amide bonds. The van der Waals surface area contributed by atoms with E-state index in [0.717, 1.165) is 11.1 Å². The Labute approximate surface area is 76.5 Å².